The summed E-state index contributed by atoms with van der Waals surface area (Å²) in [5.74, 6) is 0.134. The van der Waals surface area contributed by atoms with Crippen molar-refractivity contribution in [2.45, 2.75) is 38.8 Å². The van der Waals surface area contributed by atoms with Crippen LogP contribution in [-0.4, -0.2) is 55.9 Å². The summed E-state index contributed by atoms with van der Waals surface area (Å²) in [5.41, 5.74) is 5.78. The molecule has 2 unspecified atom stereocenters. The molecule has 0 bridgehead atoms. The third kappa shape index (κ3) is 5.02. The molecule has 0 aliphatic carbocycles. The van der Waals surface area contributed by atoms with E-state index in [0.29, 0.717) is 32.7 Å². The Morgan fingerprint density at radius 3 is 3.00 bits per heavy atom. The molecule has 0 radical (unpaired) electrons. The highest BCUT2D eigenvalue weighted by Gasteiger charge is 2.26. The number of nitrogens with zero attached hydrogens (tertiary/aromatic N) is 1. The Labute approximate surface area is 103 Å². The van der Waals surface area contributed by atoms with Gasteiger partial charge in [0.2, 0.25) is 5.91 Å². The van der Waals surface area contributed by atoms with Crippen molar-refractivity contribution in [3.63, 3.8) is 0 Å². The van der Waals surface area contributed by atoms with Crippen LogP contribution in [0.25, 0.3) is 0 Å². The monoisotopic (exact) mass is 244 g/mol. The summed E-state index contributed by atoms with van der Waals surface area (Å²) in [5, 5.41) is 0. The van der Waals surface area contributed by atoms with Crippen molar-refractivity contribution in [1.82, 2.24) is 4.90 Å². The minimum Gasteiger partial charge on any atom is -0.381 e. The molecule has 0 spiro atoms. The smallest absolute Gasteiger partial charge is 0.225 e. The Morgan fingerprint density at radius 2 is 2.35 bits per heavy atom. The largest absolute Gasteiger partial charge is 0.381 e. The lowest BCUT2D eigenvalue weighted by Gasteiger charge is -2.34. The number of carbonyl (C=O) groups is 1. The second-order valence-electron chi connectivity index (χ2n) is 4.47. The fraction of sp³-hybridized carbons (Fsp3) is 0.917. The molecule has 0 aromatic carbocycles. The molecule has 0 saturated carbocycles. The lowest BCUT2D eigenvalue weighted by atomic mass is 10.1. The van der Waals surface area contributed by atoms with Crippen molar-refractivity contribution in [2.75, 3.05) is 32.9 Å². The van der Waals surface area contributed by atoms with Crippen molar-refractivity contribution < 1.29 is 14.3 Å². The third-order valence-electron chi connectivity index (χ3n) is 2.84. The zero-order valence-corrected chi connectivity index (χ0v) is 10.9. The van der Waals surface area contributed by atoms with Gasteiger partial charge in [-0.2, -0.15) is 0 Å². The first-order valence-electron chi connectivity index (χ1n) is 6.37. The Morgan fingerprint density at radius 1 is 1.59 bits per heavy atom. The minimum absolute atomic E-state index is 0.0377. The van der Waals surface area contributed by atoms with E-state index in [1.807, 2.05) is 11.8 Å². The van der Waals surface area contributed by atoms with Crippen LogP contribution in [0.15, 0.2) is 0 Å². The number of amides is 1. The van der Waals surface area contributed by atoms with Gasteiger partial charge in [0.05, 0.1) is 25.7 Å². The van der Waals surface area contributed by atoms with Crippen LogP contribution in [0.1, 0.15) is 26.7 Å². The molecular formula is C12H24N2O3. The Hall–Kier alpha value is -0.650. The topological polar surface area (TPSA) is 64.8 Å². The van der Waals surface area contributed by atoms with Crippen LogP contribution in [0.4, 0.5) is 0 Å². The van der Waals surface area contributed by atoms with Crippen LogP contribution in [-0.2, 0) is 14.3 Å². The lowest BCUT2D eigenvalue weighted by Crippen LogP contribution is -2.51. The number of hydrogen-bond donors (Lipinski definition) is 1. The van der Waals surface area contributed by atoms with Gasteiger partial charge in [-0.05, 0) is 13.3 Å². The highest BCUT2D eigenvalue weighted by atomic mass is 16.5. The van der Waals surface area contributed by atoms with E-state index < -0.39 is 0 Å². The average Bonchev–Trinajstić information content (AvgIpc) is 2.34. The van der Waals surface area contributed by atoms with Crippen LogP contribution in [0.5, 0.6) is 0 Å². The van der Waals surface area contributed by atoms with Gasteiger partial charge in [-0.15, -0.1) is 0 Å². The van der Waals surface area contributed by atoms with Gasteiger partial charge >= 0.3 is 0 Å². The van der Waals surface area contributed by atoms with Gasteiger partial charge in [0.15, 0.2) is 0 Å². The van der Waals surface area contributed by atoms with Crippen LogP contribution in [0.3, 0.4) is 0 Å². The number of carbonyl (C=O) groups excluding carboxylic acids is 1. The van der Waals surface area contributed by atoms with Crippen molar-refractivity contribution in [1.29, 1.82) is 0 Å². The Bertz CT molecular complexity index is 234. The van der Waals surface area contributed by atoms with E-state index >= 15 is 0 Å². The van der Waals surface area contributed by atoms with Gasteiger partial charge in [-0.1, -0.05) is 6.92 Å². The van der Waals surface area contributed by atoms with Gasteiger partial charge in [0, 0.05) is 25.7 Å². The van der Waals surface area contributed by atoms with E-state index in [2.05, 4.69) is 6.92 Å². The predicted molar refractivity (Wildman–Crippen MR) is 65.7 cm³/mol. The minimum atomic E-state index is -0.0399. The summed E-state index contributed by atoms with van der Waals surface area (Å²) in [7, 11) is 0. The van der Waals surface area contributed by atoms with E-state index in [-0.39, 0.29) is 18.1 Å². The maximum atomic E-state index is 11.9. The number of hydrogen-bond acceptors (Lipinski definition) is 4. The summed E-state index contributed by atoms with van der Waals surface area (Å²) in [6.07, 6.45) is 1.40. The standard InChI is InChI=1S/C12H24N2O3/c1-3-6-16-7-4-12(15)14-5-8-17-11(9-14)10(2)13/h10-11H,3-9,13H2,1-2H3. The van der Waals surface area contributed by atoms with Gasteiger partial charge in [-0.3, -0.25) is 4.79 Å². The summed E-state index contributed by atoms with van der Waals surface area (Å²) >= 11 is 0. The molecule has 1 fully saturated rings. The molecule has 0 aromatic heterocycles. The van der Waals surface area contributed by atoms with Crippen molar-refractivity contribution in [2.24, 2.45) is 5.73 Å². The summed E-state index contributed by atoms with van der Waals surface area (Å²) < 4.78 is 10.8. The molecule has 2 atom stereocenters. The van der Waals surface area contributed by atoms with Crippen molar-refractivity contribution >= 4 is 5.91 Å². The first kappa shape index (κ1) is 14.4. The van der Waals surface area contributed by atoms with Crippen LogP contribution >= 0.6 is 0 Å². The van der Waals surface area contributed by atoms with E-state index in [4.69, 9.17) is 15.2 Å². The van der Waals surface area contributed by atoms with E-state index in [9.17, 15) is 4.79 Å². The SMILES string of the molecule is CCCOCCC(=O)N1CCOC(C(C)N)C1. The van der Waals surface area contributed by atoms with Crippen LogP contribution < -0.4 is 5.73 Å². The van der Waals surface area contributed by atoms with Crippen LogP contribution in [0.2, 0.25) is 0 Å². The Balaban J connectivity index is 2.26. The number of rotatable bonds is 6. The highest BCUT2D eigenvalue weighted by molar-refractivity contribution is 5.76. The second-order valence-corrected chi connectivity index (χ2v) is 4.47. The number of morpholine rings is 1. The fourth-order valence-electron chi connectivity index (χ4n) is 1.78. The number of ether oxygens (including phenoxy) is 2. The molecule has 1 saturated heterocycles. The molecule has 0 aromatic rings. The molecule has 100 valence electrons. The van der Waals surface area contributed by atoms with Gasteiger partial charge in [0.1, 0.15) is 0 Å². The van der Waals surface area contributed by atoms with Gasteiger partial charge in [0.25, 0.3) is 0 Å². The van der Waals surface area contributed by atoms with Crippen LogP contribution in [0, 0.1) is 0 Å². The van der Waals surface area contributed by atoms with Crippen molar-refractivity contribution in [3.8, 4) is 0 Å². The van der Waals surface area contributed by atoms with Crippen molar-refractivity contribution in [3.05, 3.63) is 0 Å². The van der Waals surface area contributed by atoms with E-state index in [0.717, 1.165) is 13.0 Å². The zero-order chi connectivity index (χ0) is 12.7. The van der Waals surface area contributed by atoms with E-state index in [1.165, 1.54) is 0 Å². The van der Waals surface area contributed by atoms with Gasteiger partial charge in [-0.25, -0.2) is 0 Å². The lowest BCUT2D eigenvalue weighted by molar-refractivity contribution is -0.140. The summed E-state index contributed by atoms with van der Waals surface area (Å²) in [6.45, 7) is 7.03. The number of nitrogens with two attached hydrogens (primary N) is 1. The third-order valence-corrected chi connectivity index (χ3v) is 2.84. The summed E-state index contributed by atoms with van der Waals surface area (Å²) in [4.78, 5) is 13.7. The molecule has 17 heavy (non-hydrogen) atoms. The molecule has 1 aliphatic heterocycles. The maximum absolute atomic E-state index is 11.9. The highest BCUT2D eigenvalue weighted by Crippen LogP contribution is 2.09. The molecule has 2 N–H and O–H groups in total. The normalized spacial score (nSPS) is 22.5. The summed E-state index contributed by atoms with van der Waals surface area (Å²) in [6, 6.07) is -0.0399. The first-order valence-corrected chi connectivity index (χ1v) is 6.37. The fourth-order valence-corrected chi connectivity index (χ4v) is 1.78. The quantitative estimate of drug-likeness (QED) is 0.686. The zero-order valence-electron chi connectivity index (χ0n) is 10.9. The van der Waals surface area contributed by atoms with Gasteiger partial charge < -0.3 is 20.1 Å². The molecule has 1 heterocycles. The molecular weight excluding hydrogens is 220 g/mol. The average molecular weight is 244 g/mol. The molecule has 1 amide bonds. The molecule has 5 nitrogen and oxygen atoms in total. The molecule has 5 heteroatoms. The van der Waals surface area contributed by atoms with E-state index in [1.54, 1.807) is 0 Å². The second kappa shape index (κ2) is 7.63. The maximum Gasteiger partial charge on any atom is 0.225 e. The predicted octanol–water partition coefficient (Wildman–Crippen LogP) is 0.378. The molecule has 1 aliphatic rings. The molecule has 1 rings (SSSR count). The first-order chi connectivity index (χ1) is 8.15. The Kier molecular flexibility index (Phi) is 6.47.